The average molecular weight is 416 g/mol. The summed E-state index contributed by atoms with van der Waals surface area (Å²) in [6, 6.07) is 4.94. The molecule has 150 valence electrons. The normalized spacial score (nSPS) is 27.3. The molecule has 0 radical (unpaired) electrons. The van der Waals surface area contributed by atoms with Crippen LogP contribution < -0.4 is 10.0 Å². The number of sulfonamides is 1. The smallest absolute Gasteiger partial charge is 0.346 e. The molecule has 4 rings (SSSR count). The van der Waals surface area contributed by atoms with Gasteiger partial charge in [-0.2, -0.15) is 26.3 Å². The van der Waals surface area contributed by atoms with Crippen LogP contribution in [0.4, 0.5) is 32.0 Å². The molecule has 1 aromatic rings. The summed E-state index contributed by atoms with van der Waals surface area (Å²) in [5.74, 6) is -2.98. The van der Waals surface area contributed by atoms with E-state index in [1.807, 2.05) is 0 Å². The third-order valence-corrected chi connectivity index (χ3v) is 6.04. The Hall–Kier alpha value is -1.98. The number of alkyl halides is 6. The minimum Gasteiger partial charge on any atom is -0.346 e. The fourth-order valence-electron chi connectivity index (χ4n) is 3.72. The maximum absolute atomic E-state index is 12.9. The molecule has 5 nitrogen and oxygen atoms in total. The molecule has 0 unspecified atom stereocenters. The standard InChI is InChI=1S/C15H14F6N2O3S/c16-14(17,18)8-27(25,26)23-10-4-2-1-3-9(10)11(24)22-13-5-12(6-13,7-13)15(19,20)21/h1-4,23H,5-8H2,(H,22,24). The van der Waals surface area contributed by atoms with Crippen molar-refractivity contribution in [1.29, 1.82) is 0 Å². The summed E-state index contributed by atoms with van der Waals surface area (Å²) >= 11 is 0. The monoisotopic (exact) mass is 416 g/mol. The number of nitrogens with one attached hydrogen (secondary N) is 2. The fourth-order valence-corrected chi connectivity index (χ4v) is 4.73. The van der Waals surface area contributed by atoms with E-state index in [-0.39, 0.29) is 30.5 Å². The second-order valence-electron chi connectivity index (χ2n) is 7.06. The molecule has 1 amide bonds. The Kier molecular flexibility index (Phi) is 4.22. The number of carbonyl (C=O) groups is 1. The first-order valence-electron chi connectivity index (χ1n) is 7.72. The quantitative estimate of drug-likeness (QED) is 0.724. The number of hydrogen-bond acceptors (Lipinski definition) is 3. The summed E-state index contributed by atoms with van der Waals surface area (Å²) in [5, 5.41) is 2.45. The Balaban J connectivity index is 1.71. The molecule has 2 N–H and O–H groups in total. The number of para-hydroxylation sites is 1. The van der Waals surface area contributed by atoms with Gasteiger partial charge in [-0.3, -0.25) is 9.52 Å². The van der Waals surface area contributed by atoms with Crippen molar-refractivity contribution in [2.75, 3.05) is 10.5 Å². The van der Waals surface area contributed by atoms with Gasteiger partial charge in [0, 0.05) is 5.54 Å². The predicted octanol–water partition coefficient (Wildman–Crippen LogP) is 3.21. The highest BCUT2D eigenvalue weighted by Crippen LogP contribution is 2.73. The van der Waals surface area contributed by atoms with Crippen LogP contribution in [-0.2, 0) is 10.0 Å². The Labute approximate surface area is 150 Å². The number of rotatable bonds is 5. The van der Waals surface area contributed by atoms with Crippen LogP contribution in [0, 0.1) is 5.41 Å². The van der Waals surface area contributed by atoms with E-state index in [1.165, 1.54) is 18.2 Å². The van der Waals surface area contributed by atoms with E-state index < -0.39 is 45.0 Å². The van der Waals surface area contributed by atoms with E-state index in [0.29, 0.717) is 0 Å². The molecule has 0 aromatic heterocycles. The van der Waals surface area contributed by atoms with Crippen LogP contribution in [-0.4, -0.2) is 38.0 Å². The molecule has 0 heterocycles. The van der Waals surface area contributed by atoms with Gasteiger partial charge in [-0.25, -0.2) is 8.42 Å². The van der Waals surface area contributed by atoms with Gasteiger partial charge in [0.2, 0.25) is 10.0 Å². The van der Waals surface area contributed by atoms with Gasteiger partial charge in [-0.05, 0) is 31.4 Å². The van der Waals surface area contributed by atoms with Crippen LogP contribution in [0.5, 0.6) is 0 Å². The summed E-state index contributed by atoms with van der Waals surface area (Å²) in [6.45, 7) is 0. The molecule has 3 aliphatic carbocycles. The molecule has 3 fully saturated rings. The van der Waals surface area contributed by atoms with Crippen molar-refractivity contribution in [2.45, 2.75) is 37.2 Å². The van der Waals surface area contributed by atoms with E-state index >= 15 is 0 Å². The molecular formula is C15H14F6N2O3S. The third kappa shape index (κ3) is 3.71. The largest absolute Gasteiger partial charge is 0.404 e. The molecule has 0 atom stereocenters. The first-order valence-corrected chi connectivity index (χ1v) is 9.37. The van der Waals surface area contributed by atoms with E-state index in [9.17, 15) is 39.6 Å². The van der Waals surface area contributed by atoms with Gasteiger partial charge in [-0.15, -0.1) is 0 Å². The zero-order valence-corrected chi connectivity index (χ0v) is 14.4. The average Bonchev–Trinajstić information content (AvgIpc) is 2.36. The lowest BCUT2D eigenvalue weighted by Crippen LogP contribution is -2.78. The first kappa shape index (κ1) is 19.8. The molecule has 0 spiro atoms. The number of carbonyl (C=O) groups excluding carboxylic acids is 1. The van der Waals surface area contributed by atoms with Crippen molar-refractivity contribution in [3.05, 3.63) is 29.8 Å². The van der Waals surface area contributed by atoms with Gasteiger partial charge in [-0.1, -0.05) is 12.1 Å². The second-order valence-corrected chi connectivity index (χ2v) is 8.79. The van der Waals surface area contributed by atoms with Crippen molar-refractivity contribution in [1.82, 2.24) is 5.32 Å². The zero-order valence-electron chi connectivity index (χ0n) is 13.5. The van der Waals surface area contributed by atoms with Gasteiger partial charge in [0.1, 0.15) is 0 Å². The first-order chi connectivity index (χ1) is 12.2. The molecule has 12 heteroatoms. The van der Waals surface area contributed by atoms with Crippen LogP contribution in [0.2, 0.25) is 0 Å². The van der Waals surface area contributed by atoms with Crippen LogP contribution in [0.25, 0.3) is 0 Å². The lowest BCUT2D eigenvalue weighted by molar-refractivity contribution is -0.336. The molecule has 27 heavy (non-hydrogen) atoms. The number of amides is 1. The number of hydrogen-bond donors (Lipinski definition) is 2. The number of anilines is 1. The van der Waals surface area contributed by atoms with Crippen molar-refractivity contribution >= 4 is 21.6 Å². The van der Waals surface area contributed by atoms with Gasteiger partial charge < -0.3 is 5.32 Å². The predicted molar refractivity (Wildman–Crippen MR) is 82.4 cm³/mol. The van der Waals surface area contributed by atoms with E-state index in [0.717, 1.165) is 6.07 Å². The summed E-state index contributed by atoms with van der Waals surface area (Å²) < 4.78 is 101. The molecule has 2 bridgehead atoms. The van der Waals surface area contributed by atoms with Crippen LogP contribution in [0.15, 0.2) is 24.3 Å². The van der Waals surface area contributed by atoms with E-state index in [2.05, 4.69) is 5.32 Å². The van der Waals surface area contributed by atoms with E-state index in [1.54, 1.807) is 4.72 Å². The Bertz CT molecular complexity index is 858. The van der Waals surface area contributed by atoms with Gasteiger partial charge in [0.05, 0.1) is 16.7 Å². The van der Waals surface area contributed by atoms with Crippen molar-refractivity contribution in [3.8, 4) is 0 Å². The number of halogens is 6. The molecule has 0 saturated heterocycles. The van der Waals surface area contributed by atoms with Crippen molar-refractivity contribution in [3.63, 3.8) is 0 Å². The fraction of sp³-hybridized carbons (Fsp3) is 0.533. The minimum atomic E-state index is -4.97. The summed E-state index contributed by atoms with van der Waals surface area (Å²) in [5.41, 5.74) is -3.44. The van der Waals surface area contributed by atoms with Crippen molar-refractivity contribution < 1.29 is 39.6 Å². The highest BCUT2D eigenvalue weighted by Gasteiger charge is 2.79. The van der Waals surface area contributed by atoms with Crippen LogP contribution >= 0.6 is 0 Å². The molecule has 3 saturated carbocycles. The highest BCUT2D eigenvalue weighted by molar-refractivity contribution is 7.92. The molecule has 0 aliphatic heterocycles. The lowest BCUT2D eigenvalue weighted by atomic mass is 9.39. The molecule has 3 aliphatic rings. The van der Waals surface area contributed by atoms with Crippen molar-refractivity contribution in [2.24, 2.45) is 5.41 Å². The Morgan fingerprint density at radius 2 is 1.59 bits per heavy atom. The topological polar surface area (TPSA) is 75.3 Å². The number of benzene rings is 1. The lowest BCUT2D eigenvalue weighted by Gasteiger charge is -2.70. The van der Waals surface area contributed by atoms with Gasteiger partial charge in [0.15, 0.2) is 5.75 Å². The van der Waals surface area contributed by atoms with Gasteiger partial charge >= 0.3 is 12.4 Å². The third-order valence-electron chi connectivity index (χ3n) is 4.80. The zero-order chi connectivity index (χ0) is 20.3. The Morgan fingerprint density at radius 1 is 1.04 bits per heavy atom. The highest BCUT2D eigenvalue weighted by atomic mass is 32.2. The van der Waals surface area contributed by atoms with Crippen LogP contribution in [0.1, 0.15) is 29.6 Å². The van der Waals surface area contributed by atoms with Gasteiger partial charge in [0.25, 0.3) is 5.91 Å². The summed E-state index contributed by atoms with van der Waals surface area (Å²) in [6.07, 6.45) is -10.1. The summed E-state index contributed by atoms with van der Waals surface area (Å²) in [4.78, 5) is 12.4. The molecular weight excluding hydrogens is 402 g/mol. The van der Waals surface area contributed by atoms with Crippen LogP contribution in [0.3, 0.4) is 0 Å². The SMILES string of the molecule is O=C(NC12CC(C(F)(F)F)(C1)C2)c1ccccc1NS(=O)(=O)CC(F)(F)F. The minimum absolute atomic E-state index is 0.267. The maximum Gasteiger partial charge on any atom is 0.404 e. The second kappa shape index (κ2) is 5.76. The van der Waals surface area contributed by atoms with E-state index in [4.69, 9.17) is 0 Å². The maximum atomic E-state index is 12.9. The molecule has 1 aromatic carbocycles. The summed E-state index contributed by atoms with van der Waals surface area (Å²) in [7, 11) is -4.81. The Morgan fingerprint density at radius 3 is 2.11 bits per heavy atom.